The summed E-state index contributed by atoms with van der Waals surface area (Å²) in [5.74, 6) is 0.115. The van der Waals surface area contributed by atoms with Gasteiger partial charge in [0, 0.05) is 6.61 Å². The number of rotatable bonds is 7. The highest BCUT2D eigenvalue weighted by molar-refractivity contribution is 5.80. The number of hydrogen-bond acceptors (Lipinski definition) is 3. The molecule has 18 heavy (non-hydrogen) atoms. The number of carboxylic acid groups (broad SMARTS) is 1. The molecule has 0 aromatic carbocycles. The second-order valence-corrected chi connectivity index (χ2v) is 5.82. The van der Waals surface area contributed by atoms with E-state index < -0.39 is 11.5 Å². The molecule has 0 aromatic heterocycles. The molecule has 4 nitrogen and oxygen atoms in total. The van der Waals surface area contributed by atoms with Gasteiger partial charge in [-0.15, -0.1) is 0 Å². The Morgan fingerprint density at radius 1 is 1.28 bits per heavy atom. The van der Waals surface area contributed by atoms with Crippen molar-refractivity contribution in [2.24, 2.45) is 11.8 Å². The molecule has 0 amide bonds. The van der Waals surface area contributed by atoms with Crippen molar-refractivity contribution in [1.82, 2.24) is 5.32 Å². The third kappa shape index (κ3) is 3.04. The van der Waals surface area contributed by atoms with E-state index in [1.54, 1.807) is 7.05 Å². The van der Waals surface area contributed by atoms with Crippen molar-refractivity contribution >= 4 is 5.97 Å². The summed E-state index contributed by atoms with van der Waals surface area (Å²) in [4.78, 5) is 11.5. The highest BCUT2D eigenvalue weighted by Gasteiger charge is 2.50. The van der Waals surface area contributed by atoms with Crippen molar-refractivity contribution in [2.75, 3.05) is 20.3 Å². The lowest BCUT2D eigenvalue weighted by molar-refractivity contribution is -0.149. The van der Waals surface area contributed by atoms with Crippen molar-refractivity contribution in [3.8, 4) is 0 Å². The number of likely N-dealkylation sites (N-methyl/N-ethyl adjacent to an activating group) is 1. The zero-order valence-corrected chi connectivity index (χ0v) is 11.3. The number of aliphatic carboxylic acids is 1. The zero-order chi connectivity index (χ0) is 13.0. The van der Waals surface area contributed by atoms with Crippen LogP contribution in [0.1, 0.15) is 44.9 Å². The Kier molecular flexibility index (Phi) is 4.62. The largest absolute Gasteiger partial charge is 0.480 e. The van der Waals surface area contributed by atoms with E-state index in [1.807, 2.05) is 0 Å². The van der Waals surface area contributed by atoms with Crippen LogP contribution in [0.4, 0.5) is 0 Å². The fraction of sp³-hybridized carbons (Fsp3) is 0.929. The summed E-state index contributed by atoms with van der Waals surface area (Å²) in [5, 5.41) is 12.4. The van der Waals surface area contributed by atoms with Gasteiger partial charge < -0.3 is 15.2 Å². The summed E-state index contributed by atoms with van der Waals surface area (Å²) < 4.78 is 5.75. The minimum atomic E-state index is -0.853. The van der Waals surface area contributed by atoms with Crippen molar-refractivity contribution in [3.05, 3.63) is 0 Å². The zero-order valence-electron chi connectivity index (χ0n) is 11.3. The van der Waals surface area contributed by atoms with Gasteiger partial charge in [0.1, 0.15) is 5.54 Å². The van der Waals surface area contributed by atoms with Crippen LogP contribution >= 0.6 is 0 Å². The number of ether oxygens (including phenoxy) is 1. The Morgan fingerprint density at radius 3 is 2.44 bits per heavy atom. The number of hydrogen-bond donors (Lipinski definition) is 2. The molecule has 1 atom stereocenters. The van der Waals surface area contributed by atoms with Crippen LogP contribution in [0.25, 0.3) is 0 Å². The monoisotopic (exact) mass is 255 g/mol. The van der Waals surface area contributed by atoms with Gasteiger partial charge in [0.05, 0.1) is 6.61 Å². The summed E-state index contributed by atoms with van der Waals surface area (Å²) in [7, 11) is 1.73. The molecule has 2 fully saturated rings. The number of carbonyl (C=O) groups is 1. The van der Waals surface area contributed by atoms with Gasteiger partial charge in [-0.25, -0.2) is 0 Å². The lowest BCUT2D eigenvalue weighted by Gasteiger charge is -2.30. The van der Waals surface area contributed by atoms with E-state index in [4.69, 9.17) is 4.74 Å². The molecule has 0 saturated heterocycles. The maximum absolute atomic E-state index is 11.5. The quantitative estimate of drug-likeness (QED) is 0.731. The van der Waals surface area contributed by atoms with Crippen LogP contribution in [0.15, 0.2) is 0 Å². The van der Waals surface area contributed by atoms with Crippen LogP contribution in [0, 0.1) is 11.8 Å². The third-order valence-corrected chi connectivity index (χ3v) is 4.51. The van der Waals surface area contributed by atoms with Crippen LogP contribution in [0.2, 0.25) is 0 Å². The fourth-order valence-electron chi connectivity index (χ4n) is 3.05. The average Bonchev–Trinajstić information content (AvgIpc) is 3.20. The molecule has 0 radical (unpaired) electrons. The van der Waals surface area contributed by atoms with Gasteiger partial charge in [-0.1, -0.05) is 19.3 Å². The molecule has 2 aliphatic rings. The van der Waals surface area contributed by atoms with Crippen molar-refractivity contribution < 1.29 is 14.6 Å². The molecule has 0 spiro atoms. The second-order valence-electron chi connectivity index (χ2n) is 5.82. The van der Waals surface area contributed by atoms with Gasteiger partial charge in [-0.05, 0) is 44.6 Å². The molecule has 2 rings (SSSR count). The van der Waals surface area contributed by atoms with E-state index in [0.717, 1.165) is 19.4 Å². The Morgan fingerprint density at radius 2 is 1.94 bits per heavy atom. The lowest BCUT2D eigenvalue weighted by Crippen LogP contribution is -2.56. The molecule has 0 aromatic rings. The SMILES string of the molecule is CNC(COCC1CCCCC1)(C(=O)O)C1CC1. The average molecular weight is 255 g/mol. The van der Waals surface area contributed by atoms with Gasteiger partial charge in [-0.2, -0.15) is 0 Å². The van der Waals surface area contributed by atoms with Gasteiger partial charge >= 0.3 is 5.97 Å². The standard InChI is InChI=1S/C14H25NO3/c1-15-14(13(16)17,12-7-8-12)10-18-9-11-5-3-2-4-6-11/h11-12,15H,2-10H2,1H3,(H,16,17). The summed E-state index contributed by atoms with van der Waals surface area (Å²) in [6.07, 6.45) is 8.42. The highest BCUT2D eigenvalue weighted by Crippen LogP contribution is 2.40. The fourth-order valence-corrected chi connectivity index (χ4v) is 3.05. The summed E-state index contributed by atoms with van der Waals surface area (Å²) in [6.45, 7) is 1.03. The molecule has 104 valence electrons. The summed E-state index contributed by atoms with van der Waals surface area (Å²) in [5.41, 5.74) is -0.853. The lowest BCUT2D eigenvalue weighted by atomic mass is 9.90. The van der Waals surface area contributed by atoms with Crippen LogP contribution in [-0.2, 0) is 9.53 Å². The first kappa shape index (κ1) is 13.8. The molecule has 0 bridgehead atoms. The maximum Gasteiger partial charge on any atom is 0.326 e. The highest BCUT2D eigenvalue weighted by atomic mass is 16.5. The molecular formula is C14H25NO3. The van der Waals surface area contributed by atoms with Gasteiger partial charge in [0.15, 0.2) is 0 Å². The van der Waals surface area contributed by atoms with Crippen molar-refractivity contribution in [3.63, 3.8) is 0 Å². The van der Waals surface area contributed by atoms with Gasteiger partial charge in [0.2, 0.25) is 0 Å². The van der Waals surface area contributed by atoms with E-state index in [0.29, 0.717) is 12.5 Å². The van der Waals surface area contributed by atoms with Crippen LogP contribution < -0.4 is 5.32 Å². The van der Waals surface area contributed by atoms with Gasteiger partial charge in [-0.3, -0.25) is 4.79 Å². The van der Waals surface area contributed by atoms with Gasteiger partial charge in [0.25, 0.3) is 0 Å². The topological polar surface area (TPSA) is 58.6 Å². The maximum atomic E-state index is 11.5. The first-order valence-corrected chi connectivity index (χ1v) is 7.19. The third-order valence-electron chi connectivity index (χ3n) is 4.51. The Balaban J connectivity index is 1.80. The molecular weight excluding hydrogens is 230 g/mol. The van der Waals surface area contributed by atoms with Crippen molar-refractivity contribution in [2.45, 2.75) is 50.5 Å². The first-order valence-electron chi connectivity index (χ1n) is 7.19. The molecule has 0 aliphatic heterocycles. The van der Waals surface area contributed by atoms with Crippen LogP contribution in [0.5, 0.6) is 0 Å². The van der Waals surface area contributed by atoms with E-state index >= 15 is 0 Å². The molecule has 2 aliphatic carbocycles. The molecule has 0 heterocycles. The number of carboxylic acids is 1. The smallest absolute Gasteiger partial charge is 0.326 e. The predicted molar refractivity (Wildman–Crippen MR) is 69.5 cm³/mol. The molecule has 2 N–H and O–H groups in total. The van der Waals surface area contributed by atoms with E-state index in [-0.39, 0.29) is 5.92 Å². The normalized spacial score (nSPS) is 24.7. The number of nitrogens with one attached hydrogen (secondary N) is 1. The molecule has 2 saturated carbocycles. The predicted octanol–water partition coefficient (Wildman–Crippen LogP) is 2.04. The Hall–Kier alpha value is -0.610. The molecule has 1 unspecified atom stereocenters. The van der Waals surface area contributed by atoms with Crippen LogP contribution in [-0.4, -0.2) is 36.9 Å². The Labute approximate surface area is 109 Å². The molecule has 4 heteroatoms. The second kappa shape index (κ2) is 6.02. The van der Waals surface area contributed by atoms with E-state index in [9.17, 15) is 9.90 Å². The summed E-state index contributed by atoms with van der Waals surface area (Å²) >= 11 is 0. The summed E-state index contributed by atoms with van der Waals surface area (Å²) in [6, 6.07) is 0. The first-order chi connectivity index (χ1) is 8.69. The van der Waals surface area contributed by atoms with E-state index in [1.165, 1.54) is 32.1 Å². The Bertz CT molecular complexity index is 285. The minimum Gasteiger partial charge on any atom is -0.480 e. The van der Waals surface area contributed by atoms with Crippen LogP contribution in [0.3, 0.4) is 0 Å². The van der Waals surface area contributed by atoms with E-state index in [2.05, 4.69) is 5.32 Å². The minimum absolute atomic E-state index is 0.242. The van der Waals surface area contributed by atoms with Crippen molar-refractivity contribution in [1.29, 1.82) is 0 Å².